The quantitative estimate of drug-likeness (QED) is 0.195. The first-order valence-corrected chi connectivity index (χ1v) is 15.5. The van der Waals surface area contributed by atoms with Gasteiger partial charge in [0.1, 0.15) is 16.6 Å². The molecule has 1 N–H and O–H groups in total. The molecule has 6 rings (SSSR count). The first kappa shape index (κ1) is 34.2. The maximum absolute atomic E-state index is 13.7. The highest BCUT2D eigenvalue weighted by Gasteiger charge is 2.32. The first-order valence-electron chi connectivity index (χ1n) is 14.6. The van der Waals surface area contributed by atoms with Crippen LogP contribution in [0.3, 0.4) is 0 Å². The van der Waals surface area contributed by atoms with Crippen LogP contribution >= 0.6 is 11.3 Å². The molecule has 0 saturated heterocycles. The van der Waals surface area contributed by atoms with Gasteiger partial charge in [-0.15, -0.1) is 11.3 Å². The summed E-state index contributed by atoms with van der Waals surface area (Å²) in [6, 6.07) is 13.1. The van der Waals surface area contributed by atoms with E-state index in [4.69, 9.17) is 0 Å². The second kappa shape index (κ2) is 12.3. The summed E-state index contributed by atoms with van der Waals surface area (Å²) in [6.45, 7) is 0. The molecule has 3 aromatic carbocycles. The Labute approximate surface area is 282 Å². The van der Waals surface area contributed by atoms with Crippen molar-refractivity contribution in [2.75, 3.05) is 43.3 Å². The average Bonchev–Trinajstić information content (AvgIpc) is 3.52. The van der Waals surface area contributed by atoms with E-state index >= 15 is 0 Å². The van der Waals surface area contributed by atoms with Crippen LogP contribution in [-0.4, -0.2) is 53.2 Å². The van der Waals surface area contributed by atoms with Gasteiger partial charge < -0.3 is 15.1 Å². The molecule has 0 saturated carbocycles. The van der Waals surface area contributed by atoms with Crippen molar-refractivity contribution in [2.24, 2.45) is 0 Å². The molecule has 0 fully saturated rings. The molecule has 0 aliphatic carbocycles. The van der Waals surface area contributed by atoms with E-state index in [1.807, 2.05) is 0 Å². The van der Waals surface area contributed by atoms with Gasteiger partial charge >= 0.3 is 23.7 Å². The van der Waals surface area contributed by atoms with Gasteiger partial charge in [0.25, 0.3) is 5.91 Å². The molecule has 6 aromatic rings. The van der Waals surface area contributed by atoms with Gasteiger partial charge in [0, 0.05) is 50.0 Å². The Morgan fingerprint density at radius 1 is 0.720 bits per heavy atom. The number of rotatable bonds is 6. The molecule has 10 nitrogen and oxygen atoms in total. The SMILES string of the molecule is CN(C)c1nc(=O)n(-c2cccc(NC(=O)c3csc(-n4c(=O)nc(N(C)C)c5ccc(C(F)(F)F)cc54)c3)c2)c2cc(C(F)(F)F)ccc12. The lowest BCUT2D eigenvalue weighted by molar-refractivity contribution is -0.138. The van der Waals surface area contributed by atoms with Crippen molar-refractivity contribution >= 4 is 56.4 Å². The predicted molar refractivity (Wildman–Crippen MR) is 179 cm³/mol. The number of benzene rings is 3. The van der Waals surface area contributed by atoms with E-state index in [1.165, 1.54) is 57.6 Å². The normalized spacial score (nSPS) is 12.0. The van der Waals surface area contributed by atoms with Crippen molar-refractivity contribution in [3.63, 3.8) is 0 Å². The summed E-state index contributed by atoms with van der Waals surface area (Å²) in [7, 11) is 6.39. The lowest BCUT2D eigenvalue weighted by Crippen LogP contribution is -2.26. The Kier molecular flexibility index (Phi) is 8.41. The molecule has 1 amide bonds. The number of aromatic nitrogens is 4. The minimum absolute atomic E-state index is 0.0496. The van der Waals surface area contributed by atoms with Crippen molar-refractivity contribution in [2.45, 2.75) is 12.4 Å². The van der Waals surface area contributed by atoms with E-state index in [1.54, 1.807) is 28.2 Å². The van der Waals surface area contributed by atoms with Crippen LogP contribution < -0.4 is 26.5 Å². The largest absolute Gasteiger partial charge is 0.416 e. The smallest absolute Gasteiger partial charge is 0.362 e. The molecule has 0 aliphatic heterocycles. The van der Waals surface area contributed by atoms with Crippen LogP contribution in [0.25, 0.3) is 32.5 Å². The Hall–Kier alpha value is -5.71. The van der Waals surface area contributed by atoms with Crippen molar-refractivity contribution in [3.8, 4) is 10.7 Å². The van der Waals surface area contributed by atoms with Gasteiger partial charge in [-0.3, -0.25) is 13.9 Å². The monoisotopic (exact) mass is 713 g/mol. The van der Waals surface area contributed by atoms with E-state index < -0.39 is 40.8 Å². The van der Waals surface area contributed by atoms with E-state index in [9.17, 15) is 40.7 Å². The van der Waals surface area contributed by atoms with E-state index in [0.29, 0.717) is 0 Å². The second-order valence-electron chi connectivity index (χ2n) is 11.5. The second-order valence-corrected chi connectivity index (χ2v) is 12.4. The molecule has 0 spiro atoms. The van der Waals surface area contributed by atoms with E-state index in [2.05, 4.69) is 15.3 Å². The van der Waals surface area contributed by atoms with E-state index in [0.717, 1.165) is 44.7 Å². The minimum atomic E-state index is -4.69. The zero-order valence-corrected chi connectivity index (χ0v) is 27.3. The number of hydrogen-bond donors (Lipinski definition) is 1. The van der Waals surface area contributed by atoms with Gasteiger partial charge in [-0.05, 0) is 60.7 Å². The number of halogens is 6. The fourth-order valence-electron chi connectivity index (χ4n) is 5.40. The highest BCUT2D eigenvalue weighted by molar-refractivity contribution is 7.12. The number of nitrogens with one attached hydrogen (secondary N) is 1. The topological polar surface area (TPSA) is 105 Å². The third-order valence-electron chi connectivity index (χ3n) is 7.68. The number of amides is 1. The molecule has 0 atom stereocenters. The summed E-state index contributed by atoms with van der Waals surface area (Å²) in [5.74, 6) is -0.341. The molecule has 50 heavy (non-hydrogen) atoms. The summed E-state index contributed by atoms with van der Waals surface area (Å²) < 4.78 is 84.0. The Morgan fingerprint density at radius 3 is 1.76 bits per heavy atom. The third kappa shape index (κ3) is 6.26. The summed E-state index contributed by atoms with van der Waals surface area (Å²) in [4.78, 5) is 50.9. The highest BCUT2D eigenvalue weighted by Crippen LogP contribution is 2.35. The number of anilines is 3. The van der Waals surface area contributed by atoms with Crippen LogP contribution in [0.4, 0.5) is 43.7 Å². The maximum Gasteiger partial charge on any atom is 0.416 e. The highest BCUT2D eigenvalue weighted by atomic mass is 32.1. The number of hydrogen-bond acceptors (Lipinski definition) is 8. The van der Waals surface area contributed by atoms with Crippen LogP contribution in [0.1, 0.15) is 21.5 Å². The predicted octanol–water partition coefficient (Wildman–Crippen LogP) is 6.57. The van der Waals surface area contributed by atoms with Crippen LogP contribution in [0.5, 0.6) is 0 Å². The van der Waals surface area contributed by atoms with Gasteiger partial charge in [0.2, 0.25) is 0 Å². The number of fused-ring (bicyclic) bond motifs is 2. The van der Waals surface area contributed by atoms with Crippen molar-refractivity contribution < 1.29 is 31.1 Å². The molecule has 17 heteroatoms. The van der Waals surface area contributed by atoms with Crippen LogP contribution in [0, 0.1) is 0 Å². The minimum Gasteiger partial charge on any atom is -0.362 e. The number of thiophene rings is 1. The van der Waals surface area contributed by atoms with E-state index in [-0.39, 0.29) is 55.4 Å². The molecule has 3 aromatic heterocycles. The van der Waals surface area contributed by atoms with Gasteiger partial charge in [-0.2, -0.15) is 36.3 Å². The maximum atomic E-state index is 13.7. The fourth-order valence-corrected chi connectivity index (χ4v) is 6.30. The first-order chi connectivity index (χ1) is 23.4. The molecule has 0 aliphatic rings. The van der Waals surface area contributed by atoms with Crippen LogP contribution in [0.15, 0.2) is 81.7 Å². The number of alkyl halides is 6. The zero-order valence-electron chi connectivity index (χ0n) is 26.5. The van der Waals surface area contributed by atoms with Gasteiger partial charge in [-0.1, -0.05) is 6.07 Å². The molecule has 3 heterocycles. The lowest BCUT2D eigenvalue weighted by atomic mass is 10.1. The van der Waals surface area contributed by atoms with Crippen LogP contribution in [0.2, 0.25) is 0 Å². The number of carbonyl (C=O) groups excluding carboxylic acids is 1. The van der Waals surface area contributed by atoms with Crippen molar-refractivity contribution in [1.29, 1.82) is 0 Å². The Bertz CT molecular complexity index is 2430. The summed E-state index contributed by atoms with van der Waals surface area (Å²) in [5.41, 5.74) is -3.45. The molecule has 0 unspecified atom stereocenters. The molecule has 0 radical (unpaired) electrons. The Balaban J connectivity index is 1.38. The fraction of sp³-hybridized carbons (Fsp3) is 0.182. The third-order valence-corrected chi connectivity index (χ3v) is 8.59. The van der Waals surface area contributed by atoms with Gasteiger partial charge in [0.05, 0.1) is 33.4 Å². The summed E-state index contributed by atoms with van der Waals surface area (Å²) in [6.07, 6.45) is -9.37. The van der Waals surface area contributed by atoms with Crippen LogP contribution in [-0.2, 0) is 12.4 Å². The standard InChI is InChI=1S/C33H25F6N7O3S/c1-43(2)27-22-10-8-18(32(34,35)36)13-24(22)45(30(48)41-27)21-7-5-6-20(15-21)40-29(47)17-12-26(50-16-17)46-25-14-19(33(37,38)39)9-11-23(25)28(44(3)4)42-31(46)49/h5-16H,1-4H3,(H,40,47). The summed E-state index contributed by atoms with van der Waals surface area (Å²) >= 11 is 0.926. The molecule has 0 bridgehead atoms. The van der Waals surface area contributed by atoms with Crippen molar-refractivity contribution in [1.82, 2.24) is 19.1 Å². The zero-order chi connectivity index (χ0) is 36.3. The Morgan fingerprint density at radius 2 is 1.24 bits per heavy atom. The van der Waals surface area contributed by atoms with Crippen molar-refractivity contribution in [3.05, 3.63) is 110 Å². The average molecular weight is 714 g/mol. The molecular weight excluding hydrogens is 688 g/mol. The lowest BCUT2D eigenvalue weighted by Gasteiger charge is -2.19. The molecular formula is C33H25F6N7O3S. The number of nitrogens with zero attached hydrogens (tertiary/aromatic N) is 6. The molecule has 258 valence electrons. The van der Waals surface area contributed by atoms with Gasteiger partial charge in [0.15, 0.2) is 0 Å². The number of carbonyl (C=O) groups is 1. The van der Waals surface area contributed by atoms with Gasteiger partial charge in [-0.25, -0.2) is 9.59 Å². The summed E-state index contributed by atoms with van der Waals surface area (Å²) in [5, 5.41) is 4.74.